The SMILES string of the molecule is Nc1ccc(S(=O)(=O)N2CCNCC2)cc1. The number of nitrogens with zero attached hydrogens (tertiary/aromatic N) is 1. The van der Waals surface area contributed by atoms with Crippen LogP contribution in [0.5, 0.6) is 0 Å². The molecule has 0 bridgehead atoms. The van der Waals surface area contributed by atoms with E-state index in [1.165, 1.54) is 4.31 Å². The van der Waals surface area contributed by atoms with Gasteiger partial charge in [-0.1, -0.05) is 0 Å². The highest BCUT2D eigenvalue weighted by Crippen LogP contribution is 2.17. The molecule has 1 fully saturated rings. The lowest BCUT2D eigenvalue weighted by atomic mass is 10.3. The van der Waals surface area contributed by atoms with E-state index >= 15 is 0 Å². The molecule has 3 N–H and O–H groups in total. The van der Waals surface area contributed by atoms with Crippen LogP contribution in [0.3, 0.4) is 0 Å². The molecule has 88 valence electrons. The van der Waals surface area contributed by atoms with Crippen molar-refractivity contribution in [2.45, 2.75) is 4.90 Å². The van der Waals surface area contributed by atoms with Crippen molar-refractivity contribution in [1.29, 1.82) is 0 Å². The van der Waals surface area contributed by atoms with Crippen LogP contribution < -0.4 is 11.1 Å². The maximum Gasteiger partial charge on any atom is 0.243 e. The molecule has 0 spiro atoms. The number of anilines is 1. The molecule has 1 aromatic carbocycles. The number of sulfonamides is 1. The standard InChI is InChI=1S/C10H15N3O2S/c11-9-1-3-10(4-2-9)16(14,15)13-7-5-12-6-8-13/h1-4,12H,5-8,11H2. The summed E-state index contributed by atoms with van der Waals surface area (Å²) in [5.74, 6) is 0. The predicted octanol–water partition coefficient (Wildman–Crippen LogP) is -0.137. The van der Waals surface area contributed by atoms with Gasteiger partial charge in [0.25, 0.3) is 0 Å². The van der Waals surface area contributed by atoms with E-state index < -0.39 is 10.0 Å². The van der Waals surface area contributed by atoms with Crippen LogP contribution in [0, 0.1) is 0 Å². The fourth-order valence-corrected chi connectivity index (χ4v) is 3.11. The summed E-state index contributed by atoms with van der Waals surface area (Å²) >= 11 is 0. The summed E-state index contributed by atoms with van der Waals surface area (Å²) in [5.41, 5.74) is 6.10. The predicted molar refractivity (Wildman–Crippen MR) is 62.5 cm³/mol. The van der Waals surface area contributed by atoms with Crippen molar-refractivity contribution in [2.75, 3.05) is 31.9 Å². The van der Waals surface area contributed by atoms with E-state index in [0.29, 0.717) is 36.8 Å². The number of hydrogen-bond donors (Lipinski definition) is 2. The minimum absolute atomic E-state index is 0.309. The molecule has 0 unspecified atom stereocenters. The topological polar surface area (TPSA) is 75.4 Å². The third-order valence-electron chi connectivity index (χ3n) is 2.59. The number of nitrogen functional groups attached to an aromatic ring is 1. The van der Waals surface area contributed by atoms with Gasteiger partial charge in [-0.3, -0.25) is 0 Å². The van der Waals surface area contributed by atoms with Crippen LogP contribution in [-0.4, -0.2) is 38.9 Å². The van der Waals surface area contributed by atoms with Gasteiger partial charge >= 0.3 is 0 Å². The number of nitrogens with one attached hydrogen (secondary N) is 1. The first-order valence-corrected chi connectivity index (χ1v) is 6.61. The van der Waals surface area contributed by atoms with E-state index in [1.54, 1.807) is 24.3 Å². The zero-order valence-corrected chi connectivity index (χ0v) is 9.70. The average molecular weight is 241 g/mol. The summed E-state index contributed by atoms with van der Waals surface area (Å²) in [6, 6.07) is 6.31. The van der Waals surface area contributed by atoms with Crippen molar-refractivity contribution in [3.05, 3.63) is 24.3 Å². The molecular formula is C10H15N3O2S. The monoisotopic (exact) mass is 241 g/mol. The average Bonchev–Trinajstić information content (AvgIpc) is 2.31. The highest BCUT2D eigenvalue weighted by molar-refractivity contribution is 7.89. The second kappa shape index (κ2) is 4.40. The van der Waals surface area contributed by atoms with E-state index in [9.17, 15) is 8.42 Å². The minimum atomic E-state index is -3.34. The summed E-state index contributed by atoms with van der Waals surface area (Å²) in [4.78, 5) is 0.309. The molecule has 1 saturated heterocycles. The van der Waals surface area contributed by atoms with Crippen molar-refractivity contribution in [2.24, 2.45) is 0 Å². The van der Waals surface area contributed by atoms with Crippen LogP contribution in [0.4, 0.5) is 5.69 Å². The van der Waals surface area contributed by atoms with Crippen LogP contribution in [0.25, 0.3) is 0 Å². The largest absolute Gasteiger partial charge is 0.399 e. The number of hydrogen-bond acceptors (Lipinski definition) is 4. The first-order chi connectivity index (χ1) is 7.60. The Morgan fingerprint density at radius 2 is 1.69 bits per heavy atom. The van der Waals surface area contributed by atoms with Gasteiger partial charge in [-0.05, 0) is 24.3 Å². The Morgan fingerprint density at radius 3 is 2.25 bits per heavy atom. The zero-order chi connectivity index (χ0) is 11.6. The minimum Gasteiger partial charge on any atom is -0.399 e. The molecular weight excluding hydrogens is 226 g/mol. The lowest BCUT2D eigenvalue weighted by molar-refractivity contribution is 0.360. The smallest absolute Gasteiger partial charge is 0.243 e. The van der Waals surface area contributed by atoms with Crippen molar-refractivity contribution in [3.8, 4) is 0 Å². The Labute approximate surface area is 95.3 Å². The van der Waals surface area contributed by atoms with Crippen molar-refractivity contribution in [3.63, 3.8) is 0 Å². The van der Waals surface area contributed by atoms with E-state index in [-0.39, 0.29) is 0 Å². The Bertz CT molecular complexity index is 449. The van der Waals surface area contributed by atoms with E-state index in [0.717, 1.165) is 0 Å². The summed E-state index contributed by atoms with van der Waals surface area (Å²) in [7, 11) is -3.34. The molecule has 1 heterocycles. The van der Waals surface area contributed by atoms with Gasteiger partial charge in [-0.2, -0.15) is 4.31 Å². The van der Waals surface area contributed by atoms with Gasteiger partial charge in [-0.15, -0.1) is 0 Å². The maximum atomic E-state index is 12.2. The number of piperazine rings is 1. The molecule has 1 aliphatic rings. The molecule has 0 atom stereocenters. The molecule has 0 amide bonds. The molecule has 0 radical (unpaired) electrons. The Morgan fingerprint density at radius 1 is 1.12 bits per heavy atom. The summed E-state index contributed by atoms with van der Waals surface area (Å²) in [6.07, 6.45) is 0. The van der Waals surface area contributed by atoms with Crippen LogP contribution in [0.15, 0.2) is 29.2 Å². The maximum absolute atomic E-state index is 12.2. The lowest BCUT2D eigenvalue weighted by Crippen LogP contribution is -2.46. The fourth-order valence-electron chi connectivity index (χ4n) is 1.67. The van der Waals surface area contributed by atoms with E-state index in [2.05, 4.69) is 5.32 Å². The summed E-state index contributed by atoms with van der Waals surface area (Å²) in [5, 5.41) is 3.12. The summed E-state index contributed by atoms with van der Waals surface area (Å²) < 4.78 is 25.8. The number of benzene rings is 1. The van der Waals surface area contributed by atoms with Crippen LogP contribution >= 0.6 is 0 Å². The molecule has 2 rings (SSSR count). The second-order valence-electron chi connectivity index (χ2n) is 3.72. The highest BCUT2D eigenvalue weighted by atomic mass is 32.2. The molecule has 1 aliphatic heterocycles. The van der Waals surface area contributed by atoms with Gasteiger partial charge in [0.1, 0.15) is 0 Å². The molecule has 5 nitrogen and oxygen atoms in total. The van der Waals surface area contributed by atoms with Gasteiger partial charge in [-0.25, -0.2) is 8.42 Å². The van der Waals surface area contributed by atoms with Gasteiger partial charge in [0.2, 0.25) is 10.0 Å². The first kappa shape index (κ1) is 11.4. The number of nitrogens with two attached hydrogens (primary N) is 1. The third kappa shape index (κ3) is 2.18. The lowest BCUT2D eigenvalue weighted by Gasteiger charge is -2.26. The van der Waals surface area contributed by atoms with Gasteiger partial charge < -0.3 is 11.1 Å². The van der Waals surface area contributed by atoms with Gasteiger partial charge in [0.05, 0.1) is 4.90 Å². The molecule has 1 aromatic rings. The van der Waals surface area contributed by atoms with E-state index in [1.807, 2.05) is 0 Å². The highest BCUT2D eigenvalue weighted by Gasteiger charge is 2.25. The summed E-state index contributed by atoms with van der Waals surface area (Å²) in [6.45, 7) is 2.45. The first-order valence-electron chi connectivity index (χ1n) is 5.17. The second-order valence-corrected chi connectivity index (χ2v) is 5.66. The molecule has 0 saturated carbocycles. The van der Waals surface area contributed by atoms with Crippen LogP contribution in [-0.2, 0) is 10.0 Å². The van der Waals surface area contributed by atoms with Crippen LogP contribution in [0.2, 0.25) is 0 Å². The zero-order valence-electron chi connectivity index (χ0n) is 8.89. The molecule has 6 heteroatoms. The van der Waals surface area contributed by atoms with Crippen molar-refractivity contribution >= 4 is 15.7 Å². The Kier molecular flexibility index (Phi) is 3.13. The normalized spacial score (nSPS) is 18.5. The van der Waals surface area contributed by atoms with Crippen molar-refractivity contribution in [1.82, 2.24) is 9.62 Å². The van der Waals surface area contributed by atoms with Crippen molar-refractivity contribution < 1.29 is 8.42 Å². The number of rotatable bonds is 2. The third-order valence-corrected chi connectivity index (χ3v) is 4.51. The van der Waals surface area contributed by atoms with E-state index in [4.69, 9.17) is 5.73 Å². The molecule has 16 heavy (non-hydrogen) atoms. The van der Waals surface area contributed by atoms with Gasteiger partial charge in [0, 0.05) is 31.9 Å². The quantitative estimate of drug-likeness (QED) is 0.707. The van der Waals surface area contributed by atoms with Gasteiger partial charge in [0.15, 0.2) is 0 Å². The fraction of sp³-hybridized carbons (Fsp3) is 0.400. The van der Waals surface area contributed by atoms with Crippen LogP contribution in [0.1, 0.15) is 0 Å². The molecule has 0 aliphatic carbocycles. The Hall–Kier alpha value is -1.11. The molecule has 0 aromatic heterocycles. The Balaban J connectivity index is 2.27.